The number of hydrogen-bond donors (Lipinski definition) is 0. The van der Waals surface area contributed by atoms with Crippen LogP contribution in [0, 0.1) is 0 Å². The van der Waals surface area contributed by atoms with Gasteiger partial charge in [-0.1, -0.05) is 79.6 Å². The number of rotatable bonds is 8. The molecule has 1 aliphatic carbocycles. The number of halogens is 1. The minimum absolute atomic E-state index is 1.12. The van der Waals surface area contributed by atoms with Gasteiger partial charge in [-0.15, -0.1) is 0 Å². The second kappa shape index (κ2) is 7.89. The molecule has 0 bridgehead atoms. The zero-order valence-electron chi connectivity index (χ0n) is 12.1. The lowest BCUT2D eigenvalue weighted by Gasteiger charge is -2.08. The fraction of sp³-hybridized carbons (Fsp3) is 0.556. The highest BCUT2D eigenvalue weighted by molar-refractivity contribution is 9.10. The number of allylic oxidation sites excluding steroid dienone is 1. The Morgan fingerprint density at radius 3 is 2.53 bits per heavy atom. The predicted octanol–water partition coefficient (Wildman–Crippen LogP) is 6.31. The number of aryl methyl sites for hydroxylation is 1. The van der Waals surface area contributed by atoms with Crippen molar-refractivity contribution in [2.45, 2.75) is 64.7 Å². The Morgan fingerprint density at radius 2 is 1.74 bits per heavy atom. The van der Waals surface area contributed by atoms with Crippen LogP contribution in [-0.2, 0) is 12.8 Å². The summed E-state index contributed by atoms with van der Waals surface area (Å²) in [7, 11) is 0. The van der Waals surface area contributed by atoms with Crippen LogP contribution in [0.4, 0.5) is 0 Å². The topological polar surface area (TPSA) is 0 Å². The van der Waals surface area contributed by atoms with Crippen LogP contribution in [0.2, 0.25) is 0 Å². The summed E-state index contributed by atoms with van der Waals surface area (Å²) in [6, 6.07) is 4.69. The van der Waals surface area contributed by atoms with Gasteiger partial charge in [-0.25, -0.2) is 0 Å². The van der Waals surface area contributed by atoms with Gasteiger partial charge >= 0.3 is 0 Å². The van der Waals surface area contributed by atoms with E-state index in [0.717, 1.165) is 6.42 Å². The van der Waals surface area contributed by atoms with Crippen LogP contribution in [0.25, 0.3) is 6.08 Å². The summed E-state index contributed by atoms with van der Waals surface area (Å²) in [5, 5.41) is 0. The van der Waals surface area contributed by atoms with Crippen molar-refractivity contribution in [2.24, 2.45) is 0 Å². The Balaban J connectivity index is 1.72. The smallest absolute Gasteiger partial charge is 0.0213 e. The predicted molar refractivity (Wildman–Crippen MR) is 88.6 cm³/mol. The highest BCUT2D eigenvalue weighted by Crippen LogP contribution is 2.28. The van der Waals surface area contributed by atoms with E-state index in [0.29, 0.717) is 0 Å². The maximum absolute atomic E-state index is 3.72. The van der Waals surface area contributed by atoms with Crippen molar-refractivity contribution >= 4 is 22.0 Å². The largest absolute Gasteiger partial charge is 0.0795 e. The Bertz CT molecular complexity index is 432. The maximum atomic E-state index is 3.72. The number of unbranched alkanes of at least 4 members (excludes halogenated alkanes) is 6. The Morgan fingerprint density at radius 1 is 1.00 bits per heavy atom. The van der Waals surface area contributed by atoms with Crippen LogP contribution in [0.5, 0.6) is 0 Å². The molecule has 0 unspecified atom stereocenters. The van der Waals surface area contributed by atoms with Gasteiger partial charge in [-0.3, -0.25) is 0 Å². The molecule has 1 aliphatic rings. The minimum atomic E-state index is 1.12. The molecule has 2 rings (SSSR count). The number of hydrogen-bond acceptors (Lipinski definition) is 0. The molecule has 1 aromatic carbocycles. The van der Waals surface area contributed by atoms with Gasteiger partial charge in [0.05, 0.1) is 0 Å². The van der Waals surface area contributed by atoms with Gasteiger partial charge < -0.3 is 0 Å². The van der Waals surface area contributed by atoms with Gasteiger partial charge in [0.2, 0.25) is 0 Å². The van der Waals surface area contributed by atoms with E-state index in [1.165, 1.54) is 72.5 Å². The first-order valence-corrected chi connectivity index (χ1v) is 8.58. The molecule has 0 N–H and O–H groups in total. The Kier molecular flexibility index (Phi) is 6.16. The van der Waals surface area contributed by atoms with Gasteiger partial charge in [-0.2, -0.15) is 0 Å². The lowest BCUT2D eigenvalue weighted by molar-refractivity contribution is 0.589. The third-order valence-corrected chi connectivity index (χ3v) is 4.73. The lowest BCUT2D eigenvalue weighted by Crippen LogP contribution is -1.92. The van der Waals surface area contributed by atoms with E-state index in [1.54, 1.807) is 0 Å². The molecule has 0 spiro atoms. The zero-order chi connectivity index (χ0) is 13.5. The highest BCUT2D eigenvalue weighted by Gasteiger charge is 2.09. The Hall–Kier alpha value is -0.560. The molecule has 0 aliphatic heterocycles. The fourth-order valence-corrected chi connectivity index (χ4v) is 3.35. The second-order valence-corrected chi connectivity index (χ2v) is 6.47. The van der Waals surface area contributed by atoms with Gasteiger partial charge in [0, 0.05) is 4.47 Å². The van der Waals surface area contributed by atoms with Crippen molar-refractivity contribution in [3.8, 4) is 0 Å². The molecule has 0 amide bonds. The summed E-state index contributed by atoms with van der Waals surface area (Å²) in [4.78, 5) is 0. The molecular weight excluding hydrogens is 296 g/mol. The van der Waals surface area contributed by atoms with E-state index in [1.807, 2.05) is 0 Å². The molecule has 0 saturated carbocycles. The summed E-state index contributed by atoms with van der Waals surface area (Å²) < 4.78 is 1.30. The van der Waals surface area contributed by atoms with Crippen LogP contribution >= 0.6 is 15.9 Å². The van der Waals surface area contributed by atoms with Crippen LogP contribution in [0.1, 0.15) is 68.6 Å². The molecule has 0 saturated heterocycles. The molecule has 0 aromatic heterocycles. The number of fused-ring (bicyclic) bond motifs is 1. The molecule has 104 valence electrons. The summed E-state index contributed by atoms with van der Waals surface area (Å²) in [5.41, 5.74) is 4.40. The highest BCUT2D eigenvalue weighted by atomic mass is 79.9. The van der Waals surface area contributed by atoms with E-state index < -0.39 is 0 Å². The molecule has 1 aromatic rings. The van der Waals surface area contributed by atoms with Crippen LogP contribution < -0.4 is 0 Å². The molecule has 0 nitrogen and oxygen atoms in total. The van der Waals surface area contributed by atoms with E-state index in [4.69, 9.17) is 0 Å². The second-order valence-electron chi connectivity index (χ2n) is 5.62. The monoisotopic (exact) mass is 320 g/mol. The molecule has 1 heteroatoms. The molecule has 0 atom stereocenters. The molecule has 0 heterocycles. The zero-order valence-corrected chi connectivity index (χ0v) is 13.6. The SMILES string of the molecule is CCCCCCCCCc1cc2c(cc1Br)C=CC2. The molecule has 0 radical (unpaired) electrons. The van der Waals surface area contributed by atoms with Crippen molar-refractivity contribution in [1.29, 1.82) is 0 Å². The summed E-state index contributed by atoms with van der Waals surface area (Å²) >= 11 is 3.72. The molecule has 0 fully saturated rings. The Labute approximate surface area is 126 Å². The first-order chi connectivity index (χ1) is 9.31. The average Bonchev–Trinajstić information content (AvgIpc) is 2.84. The summed E-state index contributed by atoms with van der Waals surface area (Å²) in [6.07, 6.45) is 16.5. The van der Waals surface area contributed by atoms with Gasteiger partial charge in [0.25, 0.3) is 0 Å². The molecular formula is C18H25Br. The van der Waals surface area contributed by atoms with Crippen molar-refractivity contribution in [1.82, 2.24) is 0 Å². The van der Waals surface area contributed by atoms with Crippen molar-refractivity contribution in [3.63, 3.8) is 0 Å². The van der Waals surface area contributed by atoms with Gasteiger partial charge in [-0.05, 0) is 42.0 Å². The standard InChI is InChI=1S/C18H25Br/c1-2-3-4-5-6-7-8-10-17-13-15-11-9-12-16(15)14-18(17)19/h9,12-14H,2-8,10-11H2,1H3. The first-order valence-electron chi connectivity index (χ1n) is 7.79. The third-order valence-electron chi connectivity index (χ3n) is 3.99. The quantitative estimate of drug-likeness (QED) is 0.492. The average molecular weight is 321 g/mol. The van der Waals surface area contributed by atoms with Crippen molar-refractivity contribution in [2.75, 3.05) is 0 Å². The van der Waals surface area contributed by atoms with Crippen LogP contribution in [0.15, 0.2) is 22.7 Å². The van der Waals surface area contributed by atoms with Crippen LogP contribution in [0.3, 0.4) is 0 Å². The van der Waals surface area contributed by atoms with E-state index >= 15 is 0 Å². The maximum Gasteiger partial charge on any atom is 0.0213 e. The summed E-state index contributed by atoms with van der Waals surface area (Å²) in [6.45, 7) is 2.28. The fourth-order valence-electron chi connectivity index (χ4n) is 2.79. The van der Waals surface area contributed by atoms with E-state index in [9.17, 15) is 0 Å². The molecule has 19 heavy (non-hydrogen) atoms. The van der Waals surface area contributed by atoms with E-state index in [2.05, 4.69) is 47.1 Å². The van der Waals surface area contributed by atoms with E-state index in [-0.39, 0.29) is 0 Å². The number of benzene rings is 1. The summed E-state index contributed by atoms with van der Waals surface area (Å²) in [5.74, 6) is 0. The van der Waals surface area contributed by atoms with Crippen molar-refractivity contribution < 1.29 is 0 Å². The van der Waals surface area contributed by atoms with Crippen LogP contribution in [-0.4, -0.2) is 0 Å². The first kappa shape index (κ1) is 14.8. The third kappa shape index (κ3) is 4.49. The minimum Gasteiger partial charge on any atom is -0.0795 e. The van der Waals surface area contributed by atoms with Gasteiger partial charge in [0.15, 0.2) is 0 Å². The lowest BCUT2D eigenvalue weighted by atomic mass is 10.0. The van der Waals surface area contributed by atoms with Crippen molar-refractivity contribution in [3.05, 3.63) is 39.4 Å². The normalized spacial score (nSPS) is 12.9. The van der Waals surface area contributed by atoms with Gasteiger partial charge in [0.1, 0.15) is 0 Å².